The van der Waals surface area contributed by atoms with Crippen LogP contribution in [0.1, 0.15) is 18.4 Å². The largest absolute Gasteiger partial charge is 0.496 e. The molecule has 1 aromatic rings. The van der Waals surface area contributed by atoms with Crippen molar-refractivity contribution in [3.05, 3.63) is 28.8 Å². The fourth-order valence-electron chi connectivity index (χ4n) is 2.31. The molecule has 1 fully saturated rings. The van der Waals surface area contributed by atoms with Crippen LogP contribution in [0.4, 0.5) is 0 Å². The molecule has 0 radical (unpaired) electrons. The number of rotatable bonds is 5. The van der Waals surface area contributed by atoms with Gasteiger partial charge in [0.25, 0.3) is 0 Å². The van der Waals surface area contributed by atoms with E-state index in [0.29, 0.717) is 29.7 Å². The number of benzene rings is 1. The van der Waals surface area contributed by atoms with Crippen LogP contribution < -0.4 is 15.4 Å². The maximum Gasteiger partial charge on any atom is 0.220 e. The minimum absolute atomic E-state index is 0.0654. The Bertz CT molecular complexity index is 445. The molecule has 1 aromatic carbocycles. The number of halogens is 1. The molecule has 104 valence electrons. The van der Waals surface area contributed by atoms with Gasteiger partial charge in [-0.15, -0.1) is 0 Å². The van der Waals surface area contributed by atoms with Crippen molar-refractivity contribution in [2.24, 2.45) is 5.92 Å². The standard InChI is InChI=1S/C14H19ClN2O2/c1-19-13-4-2-3-12(15)11(13)9-17-14(18)7-10-5-6-16-8-10/h2-4,10,16H,5-9H2,1H3,(H,17,18). The molecule has 1 aliphatic rings. The molecule has 1 atom stereocenters. The second-order valence-electron chi connectivity index (χ2n) is 4.76. The van der Waals surface area contributed by atoms with Gasteiger partial charge in [-0.25, -0.2) is 0 Å². The second-order valence-corrected chi connectivity index (χ2v) is 5.17. The first-order chi connectivity index (χ1) is 9.20. The number of nitrogens with one attached hydrogen (secondary N) is 2. The molecule has 0 aromatic heterocycles. The highest BCUT2D eigenvalue weighted by atomic mass is 35.5. The van der Waals surface area contributed by atoms with Gasteiger partial charge in [-0.1, -0.05) is 17.7 Å². The van der Waals surface area contributed by atoms with Crippen molar-refractivity contribution in [2.75, 3.05) is 20.2 Å². The first kappa shape index (κ1) is 14.2. The van der Waals surface area contributed by atoms with E-state index in [1.54, 1.807) is 13.2 Å². The molecule has 0 spiro atoms. The summed E-state index contributed by atoms with van der Waals surface area (Å²) in [5.41, 5.74) is 0.824. The minimum Gasteiger partial charge on any atom is -0.496 e. The molecule has 5 heteroatoms. The monoisotopic (exact) mass is 282 g/mol. The smallest absolute Gasteiger partial charge is 0.220 e. The Morgan fingerprint density at radius 1 is 1.58 bits per heavy atom. The summed E-state index contributed by atoms with van der Waals surface area (Å²) in [5, 5.41) is 6.78. The van der Waals surface area contributed by atoms with E-state index in [1.807, 2.05) is 12.1 Å². The average molecular weight is 283 g/mol. The zero-order valence-electron chi connectivity index (χ0n) is 11.0. The van der Waals surface area contributed by atoms with Crippen LogP contribution in [0.5, 0.6) is 5.75 Å². The third kappa shape index (κ3) is 3.85. The Hall–Kier alpha value is -1.26. The van der Waals surface area contributed by atoms with E-state index in [2.05, 4.69) is 10.6 Å². The normalized spacial score (nSPS) is 18.3. The van der Waals surface area contributed by atoms with Crippen molar-refractivity contribution in [1.29, 1.82) is 0 Å². The van der Waals surface area contributed by atoms with Gasteiger partial charge >= 0.3 is 0 Å². The average Bonchev–Trinajstić information content (AvgIpc) is 2.89. The van der Waals surface area contributed by atoms with E-state index in [9.17, 15) is 4.79 Å². The molecular formula is C14H19ClN2O2. The molecule has 1 heterocycles. The lowest BCUT2D eigenvalue weighted by atomic mass is 10.0. The third-order valence-corrected chi connectivity index (χ3v) is 3.75. The Kier molecular flexibility index (Phi) is 5.05. The fourth-order valence-corrected chi connectivity index (χ4v) is 2.54. The van der Waals surface area contributed by atoms with Crippen LogP contribution in [0.25, 0.3) is 0 Å². The summed E-state index contributed by atoms with van der Waals surface area (Å²) in [5.74, 6) is 1.22. The van der Waals surface area contributed by atoms with Crippen LogP contribution in [0, 0.1) is 5.92 Å². The Balaban J connectivity index is 1.89. The zero-order valence-corrected chi connectivity index (χ0v) is 11.8. The summed E-state index contributed by atoms with van der Waals surface area (Å²) >= 11 is 6.12. The van der Waals surface area contributed by atoms with Gasteiger partial charge in [-0.05, 0) is 37.6 Å². The zero-order chi connectivity index (χ0) is 13.7. The summed E-state index contributed by atoms with van der Waals surface area (Å²) in [6, 6.07) is 5.47. The van der Waals surface area contributed by atoms with Gasteiger partial charge in [0.2, 0.25) is 5.91 Å². The highest BCUT2D eigenvalue weighted by molar-refractivity contribution is 6.31. The highest BCUT2D eigenvalue weighted by Gasteiger charge is 2.18. The Morgan fingerprint density at radius 2 is 2.42 bits per heavy atom. The first-order valence-corrected chi connectivity index (χ1v) is 6.87. The number of hydrogen-bond donors (Lipinski definition) is 2. The Morgan fingerprint density at radius 3 is 3.11 bits per heavy atom. The molecule has 1 amide bonds. The third-order valence-electron chi connectivity index (χ3n) is 3.39. The van der Waals surface area contributed by atoms with Crippen molar-refractivity contribution in [3.8, 4) is 5.75 Å². The van der Waals surface area contributed by atoms with Gasteiger partial charge < -0.3 is 15.4 Å². The molecular weight excluding hydrogens is 264 g/mol. The molecule has 19 heavy (non-hydrogen) atoms. The van der Waals surface area contributed by atoms with Gasteiger partial charge in [0.1, 0.15) is 5.75 Å². The maximum atomic E-state index is 11.9. The summed E-state index contributed by atoms with van der Waals surface area (Å²) in [6.07, 6.45) is 1.64. The molecule has 2 N–H and O–H groups in total. The lowest BCUT2D eigenvalue weighted by molar-refractivity contribution is -0.122. The molecule has 2 rings (SSSR count). The number of carbonyl (C=O) groups is 1. The first-order valence-electron chi connectivity index (χ1n) is 6.49. The van der Waals surface area contributed by atoms with Crippen LogP contribution >= 0.6 is 11.6 Å². The molecule has 1 unspecified atom stereocenters. The highest BCUT2D eigenvalue weighted by Crippen LogP contribution is 2.26. The molecule has 0 aliphatic carbocycles. The van der Waals surface area contributed by atoms with Crippen molar-refractivity contribution < 1.29 is 9.53 Å². The fraction of sp³-hybridized carbons (Fsp3) is 0.500. The molecule has 1 aliphatic heterocycles. The van der Waals surface area contributed by atoms with E-state index in [-0.39, 0.29) is 5.91 Å². The summed E-state index contributed by atoms with van der Waals surface area (Å²) in [6.45, 7) is 2.35. The predicted molar refractivity (Wildman–Crippen MR) is 75.4 cm³/mol. The number of hydrogen-bond acceptors (Lipinski definition) is 3. The number of amides is 1. The lowest BCUT2D eigenvalue weighted by Gasteiger charge is -2.12. The minimum atomic E-state index is 0.0654. The molecule has 1 saturated heterocycles. The topological polar surface area (TPSA) is 50.4 Å². The molecule has 0 saturated carbocycles. The number of carbonyl (C=O) groups excluding carboxylic acids is 1. The predicted octanol–water partition coefficient (Wildman–Crippen LogP) is 1.96. The van der Waals surface area contributed by atoms with Crippen LogP contribution in [0.3, 0.4) is 0 Å². The van der Waals surface area contributed by atoms with E-state index < -0.39 is 0 Å². The van der Waals surface area contributed by atoms with Gasteiger partial charge in [0.15, 0.2) is 0 Å². The number of methoxy groups -OCH3 is 1. The maximum absolute atomic E-state index is 11.9. The SMILES string of the molecule is COc1cccc(Cl)c1CNC(=O)CC1CCNC1. The summed E-state index contributed by atoms with van der Waals surface area (Å²) in [7, 11) is 1.60. The quantitative estimate of drug-likeness (QED) is 0.868. The molecule has 4 nitrogen and oxygen atoms in total. The van der Waals surface area contributed by atoms with Crippen LogP contribution in [-0.2, 0) is 11.3 Å². The van der Waals surface area contributed by atoms with Crippen LogP contribution in [0.2, 0.25) is 5.02 Å². The van der Waals surface area contributed by atoms with Gasteiger partial charge in [0, 0.05) is 23.6 Å². The van der Waals surface area contributed by atoms with E-state index in [4.69, 9.17) is 16.3 Å². The lowest BCUT2D eigenvalue weighted by Crippen LogP contribution is -2.26. The van der Waals surface area contributed by atoms with Gasteiger partial charge in [-0.2, -0.15) is 0 Å². The Labute approximate surface area is 118 Å². The summed E-state index contributed by atoms with van der Waals surface area (Å²) < 4.78 is 5.25. The van der Waals surface area contributed by atoms with Crippen molar-refractivity contribution in [3.63, 3.8) is 0 Å². The van der Waals surface area contributed by atoms with Crippen molar-refractivity contribution >= 4 is 17.5 Å². The van der Waals surface area contributed by atoms with Crippen LogP contribution in [-0.4, -0.2) is 26.1 Å². The van der Waals surface area contributed by atoms with Crippen molar-refractivity contribution in [1.82, 2.24) is 10.6 Å². The summed E-state index contributed by atoms with van der Waals surface area (Å²) in [4.78, 5) is 11.9. The van der Waals surface area contributed by atoms with Gasteiger partial charge in [0.05, 0.1) is 7.11 Å². The van der Waals surface area contributed by atoms with E-state index in [0.717, 1.165) is 25.1 Å². The molecule has 0 bridgehead atoms. The van der Waals surface area contributed by atoms with E-state index in [1.165, 1.54) is 0 Å². The van der Waals surface area contributed by atoms with Crippen molar-refractivity contribution in [2.45, 2.75) is 19.4 Å². The van der Waals surface area contributed by atoms with E-state index >= 15 is 0 Å². The number of ether oxygens (including phenoxy) is 1. The second kappa shape index (κ2) is 6.78. The van der Waals surface area contributed by atoms with Gasteiger partial charge in [-0.3, -0.25) is 4.79 Å². The van der Waals surface area contributed by atoms with Crippen LogP contribution in [0.15, 0.2) is 18.2 Å².